The standard InChI is InChI=1S/C18H18N2O3S/c1-23-17(22)14-8-10-15(11-9-14)19-18(24)20-16(21)12-7-13-5-3-2-4-6-13/h2-6,8-11H,7,12H2,1H3,(H2,19,20,21,24). The Morgan fingerprint density at radius 1 is 1.04 bits per heavy atom. The number of benzene rings is 2. The van der Waals surface area contributed by atoms with Crippen LogP contribution in [0.25, 0.3) is 0 Å². The van der Waals surface area contributed by atoms with Crippen LogP contribution >= 0.6 is 12.2 Å². The van der Waals surface area contributed by atoms with Gasteiger partial charge in [-0.3, -0.25) is 4.79 Å². The number of ether oxygens (including phenoxy) is 1. The zero-order valence-electron chi connectivity index (χ0n) is 13.2. The average Bonchev–Trinajstić information content (AvgIpc) is 2.60. The molecule has 0 saturated carbocycles. The van der Waals surface area contributed by atoms with E-state index in [1.54, 1.807) is 24.3 Å². The molecule has 0 aliphatic carbocycles. The first-order valence-corrected chi connectivity index (χ1v) is 7.82. The molecule has 0 aliphatic rings. The predicted octanol–water partition coefficient (Wildman–Crippen LogP) is 2.92. The van der Waals surface area contributed by atoms with Gasteiger partial charge in [0.15, 0.2) is 5.11 Å². The summed E-state index contributed by atoms with van der Waals surface area (Å²) in [7, 11) is 1.33. The van der Waals surface area contributed by atoms with E-state index < -0.39 is 5.97 Å². The summed E-state index contributed by atoms with van der Waals surface area (Å²) in [4.78, 5) is 23.3. The molecule has 2 aromatic carbocycles. The number of carbonyl (C=O) groups is 2. The maximum Gasteiger partial charge on any atom is 0.337 e. The highest BCUT2D eigenvalue weighted by molar-refractivity contribution is 7.80. The number of nitrogens with one attached hydrogen (secondary N) is 2. The van der Waals surface area contributed by atoms with Crippen LogP contribution in [0.3, 0.4) is 0 Å². The van der Waals surface area contributed by atoms with E-state index >= 15 is 0 Å². The second-order valence-corrected chi connectivity index (χ2v) is 5.47. The van der Waals surface area contributed by atoms with E-state index in [2.05, 4.69) is 15.4 Å². The van der Waals surface area contributed by atoms with E-state index in [0.29, 0.717) is 24.1 Å². The van der Waals surface area contributed by atoms with Crippen LogP contribution in [0.2, 0.25) is 0 Å². The fourth-order valence-electron chi connectivity index (χ4n) is 2.06. The monoisotopic (exact) mass is 342 g/mol. The van der Waals surface area contributed by atoms with Crippen molar-refractivity contribution in [2.75, 3.05) is 12.4 Å². The molecule has 1 amide bonds. The number of hydrogen-bond donors (Lipinski definition) is 2. The summed E-state index contributed by atoms with van der Waals surface area (Å²) >= 11 is 5.12. The molecule has 0 aromatic heterocycles. The number of aryl methyl sites for hydroxylation is 1. The van der Waals surface area contributed by atoms with Crippen LogP contribution in [-0.2, 0) is 16.0 Å². The Bertz CT molecular complexity index is 715. The molecule has 0 saturated heterocycles. The molecular weight excluding hydrogens is 324 g/mol. The number of amides is 1. The fourth-order valence-corrected chi connectivity index (χ4v) is 2.29. The average molecular weight is 342 g/mol. The van der Waals surface area contributed by atoms with Crippen molar-refractivity contribution >= 4 is 34.9 Å². The second kappa shape index (κ2) is 8.79. The van der Waals surface area contributed by atoms with E-state index in [-0.39, 0.29) is 11.0 Å². The molecule has 0 bridgehead atoms. The van der Waals surface area contributed by atoms with Crippen LogP contribution < -0.4 is 10.6 Å². The fraction of sp³-hybridized carbons (Fsp3) is 0.167. The Hall–Kier alpha value is -2.73. The summed E-state index contributed by atoms with van der Waals surface area (Å²) in [6.45, 7) is 0. The Labute approximate surface area is 146 Å². The van der Waals surface area contributed by atoms with Crippen molar-refractivity contribution in [2.45, 2.75) is 12.8 Å². The summed E-state index contributed by atoms with van der Waals surface area (Å²) in [5, 5.41) is 5.76. The molecule has 24 heavy (non-hydrogen) atoms. The lowest BCUT2D eigenvalue weighted by molar-refractivity contribution is -0.119. The molecule has 6 heteroatoms. The summed E-state index contributed by atoms with van der Waals surface area (Å²) in [6.07, 6.45) is 1.01. The summed E-state index contributed by atoms with van der Waals surface area (Å²) in [5.74, 6) is -0.555. The summed E-state index contributed by atoms with van der Waals surface area (Å²) in [6, 6.07) is 16.4. The zero-order chi connectivity index (χ0) is 17.4. The SMILES string of the molecule is COC(=O)c1ccc(NC(=S)NC(=O)CCc2ccccc2)cc1. The minimum absolute atomic E-state index is 0.150. The van der Waals surface area contributed by atoms with Gasteiger partial charge in [-0.15, -0.1) is 0 Å². The summed E-state index contributed by atoms with van der Waals surface area (Å²) < 4.78 is 4.63. The van der Waals surface area contributed by atoms with Crippen LogP contribution in [0.1, 0.15) is 22.3 Å². The van der Waals surface area contributed by atoms with Gasteiger partial charge in [0.25, 0.3) is 0 Å². The van der Waals surface area contributed by atoms with Crippen LogP contribution in [0.15, 0.2) is 54.6 Å². The Kier molecular flexibility index (Phi) is 6.45. The molecule has 2 rings (SSSR count). The number of carbonyl (C=O) groups excluding carboxylic acids is 2. The number of esters is 1. The molecule has 0 atom stereocenters. The third-order valence-electron chi connectivity index (χ3n) is 3.30. The second-order valence-electron chi connectivity index (χ2n) is 5.06. The van der Waals surface area contributed by atoms with Gasteiger partial charge in [0.05, 0.1) is 12.7 Å². The quantitative estimate of drug-likeness (QED) is 0.646. The van der Waals surface area contributed by atoms with Crippen LogP contribution in [0.5, 0.6) is 0 Å². The van der Waals surface area contributed by atoms with Crippen molar-refractivity contribution in [3.63, 3.8) is 0 Å². The molecule has 0 unspecified atom stereocenters. The highest BCUT2D eigenvalue weighted by atomic mass is 32.1. The third kappa shape index (κ3) is 5.48. The van der Waals surface area contributed by atoms with E-state index in [1.807, 2.05) is 30.3 Å². The third-order valence-corrected chi connectivity index (χ3v) is 3.50. The lowest BCUT2D eigenvalue weighted by Gasteiger charge is -2.10. The first kappa shape index (κ1) is 17.6. The number of thiocarbonyl (C=S) groups is 1. The largest absolute Gasteiger partial charge is 0.465 e. The molecule has 5 nitrogen and oxygen atoms in total. The zero-order valence-corrected chi connectivity index (χ0v) is 14.1. The van der Waals surface area contributed by atoms with Crippen molar-refractivity contribution in [3.8, 4) is 0 Å². The number of methoxy groups -OCH3 is 1. The van der Waals surface area contributed by atoms with E-state index in [1.165, 1.54) is 7.11 Å². The van der Waals surface area contributed by atoms with Gasteiger partial charge in [0, 0.05) is 12.1 Å². The van der Waals surface area contributed by atoms with Gasteiger partial charge in [0.2, 0.25) is 5.91 Å². The van der Waals surface area contributed by atoms with Gasteiger partial charge in [-0.2, -0.15) is 0 Å². The summed E-state index contributed by atoms with van der Waals surface area (Å²) in [5.41, 5.74) is 2.22. The Morgan fingerprint density at radius 2 is 1.71 bits per heavy atom. The van der Waals surface area contributed by atoms with Crippen molar-refractivity contribution in [3.05, 3.63) is 65.7 Å². The minimum Gasteiger partial charge on any atom is -0.465 e. The molecule has 0 aliphatic heterocycles. The number of hydrogen-bond acceptors (Lipinski definition) is 4. The van der Waals surface area contributed by atoms with Gasteiger partial charge in [0.1, 0.15) is 0 Å². The lowest BCUT2D eigenvalue weighted by atomic mass is 10.1. The van der Waals surface area contributed by atoms with E-state index in [9.17, 15) is 9.59 Å². The number of rotatable bonds is 5. The van der Waals surface area contributed by atoms with Crippen LogP contribution in [0.4, 0.5) is 5.69 Å². The van der Waals surface area contributed by atoms with Crippen LogP contribution in [-0.4, -0.2) is 24.1 Å². The van der Waals surface area contributed by atoms with Crippen LogP contribution in [0, 0.1) is 0 Å². The number of anilines is 1. The van der Waals surface area contributed by atoms with Gasteiger partial charge in [-0.25, -0.2) is 4.79 Å². The molecule has 2 aromatic rings. The molecule has 0 radical (unpaired) electrons. The van der Waals surface area contributed by atoms with Crippen molar-refractivity contribution in [2.24, 2.45) is 0 Å². The predicted molar refractivity (Wildman–Crippen MR) is 96.9 cm³/mol. The van der Waals surface area contributed by atoms with Gasteiger partial charge >= 0.3 is 5.97 Å². The molecule has 0 spiro atoms. The van der Waals surface area contributed by atoms with Crippen molar-refractivity contribution < 1.29 is 14.3 Å². The Morgan fingerprint density at radius 3 is 2.33 bits per heavy atom. The van der Waals surface area contributed by atoms with E-state index in [4.69, 9.17) is 12.2 Å². The first-order valence-electron chi connectivity index (χ1n) is 7.41. The smallest absolute Gasteiger partial charge is 0.337 e. The van der Waals surface area contributed by atoms with Gasteiger partial charge in [-0.05, 0) is 48.5 Å². The molecule has 124 valence electrons. The minimum atomic E-state index is -0.404. The first-order chi connectivity index (χ1) is 11.6. The Balaban J connectivity index is 1.80. The lowest BCUT2D eigenvalue weighted by Crippen LogP contribution is -2.34. The molecule has 0 fully saturated rings. The molecule has 0 heterocycles. The normalized spacial score (nSPS) is 9.88. The highest BCUT2D eigenvalue weighted by Gasteiger charge is 2.07. The van der Waals surface area contributed by atoms with Crippen molar-refractivity contribution in [1.82, 2.24) is 5.32 Å². The van der Waals surface area contributed by atoms with Gasteiger partial charge in [-0.1, -0.05) is 30.3 Å². The topological polar surface area (TPSA) is 67.4 Å². The molecular formula is C18H18N2O3S. The highest BCUT2D eigenvalue weighted by Crippen LogP contribution is 2.10. The van der Waals surface area contributed by atoms with Crippen molar-refractivity contribution in [1.29, 1.82) is 0 Å². The maximum absolute atomic E-state index is 11.9. The van der Waals surface area contributed by atoms with E-state index in [0.717, 1.165) is 5.56 Å². The maximum atomic E-state index is 11.9. The molecule has 2 N–H and O–H groups in total. The van der Waals surface area contributed by atoms with Gasteiger partial charge < -0.3 is 15.4 Å².